The Labute approximate surface area is 33.7 Å². The van der Waals surface area contributed by atoms with Gasteiger partial charge in [-0.3, -0.25) is 0 Å². The topological polar surface area (TPSA) is 60.7 Å². The van der Waals surface area contributed by atoms with Crippen LogP contribution in [0.25, 0.3) is 0 Å². The molecule has 0 radical (unpaired) electrons. The van der Waals surface area contributed by atoms with E-state index in [9.17, 15) is 4.39 Å². The molecule has 4 heteroatoms. The van der Waals surface area contributed by atoms with E-state index in [1.54, 1.807) is 0 Å². The summed E-state index contributed by atoms with van der Waals surface area (Å²) < 4.78 is 11.0. The standard InChI is InChI=1S/C2H5FO3/c3-2(5,6)1-4/h4-6H,1H2. The first kappa shape index (κ1) is 5.81. The Bertz CT molecular complexity index is 38.5. The van der Waals surface area contributed by atoms with Crippen molar-refractivity contribution in [2.45, 2.75) is 6.04 Å². The largest absolute Gasteiger partial charge is 0.388 e. The molecule has 0 unspecified atom stereocenters. The van der Waals surface area contributed by atoms with Crippen LogP contribution in [0.4, 0.5) is 4.39 Å². The average Bonchev–Trinajstić information content (AvgIpc) is 1.35. The lowest BCUT2D eigenvalue weighted by Gasteiger charge is -2.03. The molecule has 3 N–H and O–H groups in total. The molecular formula is C2H5FO3. The van der Waals surface area contributed by atoms with Crippen molar-refractivity contribution in [2.75, 3.05) is 6.61 Å². The van der Waals surface area contributed by atoms with E-state index in [0.29, 0.717) is 0 Å². The van der Waals surface area contributed by atoms with Crippen molar-refractivity contribution >= 4 is 0 Å². The maximum Gasteiger partial charge on any atom is 0.339 e. The zero-order valence-corrected chi connectivity index (χ0v) is 2.93. The van der Waals surface area contributed by atoms with Crippen molar-refractivity contribution in [3.8, 4) is 0 Å². The van der Waals surface area contributed by atoms with Gasteiger partial charge in [0.25, 0.3) is 0 Å². The van der Waals surface area contributed by atoms with E-state index in [1.165, 1.54) is 0 Å². The molecule has 0 aromatic rings. The van der Waals surface area contributed by atoms with Gasteiger partial charge in [0.2, 0.25) is 0 Å². The van der Waals surface area contributed by atoms with E-state index in [0.717, 1.165) is 0 Å². The zero-order chi connectivity index (χ0) is 5.21. The number of aliphatic hydroxyl groups excluding tert-OH is 1. The summed E-state index contributed by atoms with van der Waals surface area (Å²) in [6.45, 7) is -1.28. The quantitative estimate of drug-likeness (QED) is 0.351. The van der Waals surface area contributed by atoms with Gasteiger partial charge in [0.1, 0.15) is 6.61 Å². The molecule has 3 nitrogen and oxygen atoms in total. The molecular weight excluding hydrogens is 91.0 g/mol. The number of halogens is 1. The molecule has 0 aromatic heterocycles. The third-order valence-electron chi connectivity index (χ3n) is 0.201. The van der Waals surface area contributed by atoms with Gasteiger partial charge in [0, 0.05) is 0 Å². The number of rotatable bonds is 1. The van der Waals surface area contributed by atoms with E-state index in [1.807, 2.05) is 0 Å². The molecule has 0 atom stereocenters. The first-order valence-corrected chi connectivity index (χ1v) is 1.31. The number of alkyl halides is 1. The minimum atomic E-state index is -3.40. The molecule has 0 spiro atoms. The average molecular weight is 96.1 g/mol. The normalized spacial score (nSPS) is 12.0. The molecule has 0 rings (SSSR count). The van der Waals surface area contributed by atoms with Gasteiger partial charge < -0.3 is 15.3 Å². The van der Waals surface area contributed by atoms with Crippen LogP contribution < -0.4 is 0 Å². The summed E-state index contributed by atoms with van der Waals surface area (Å²) in [7, 11) is 0. The van der Waals surface area contributed by atoms with Crippen LogP contribution in [0.5, 0.6) is 0 Å². The van der Waals surface area contributed by atoms with Gasteiger partial charge in [-0.25, -0.2) is 0 Å². The fourth-order valence-corrected chi connectivity index (χ4v) is 0. The highest BCUT2D eigenvalue weighted by Crippen LogP contribution is 1.94. The molecule has 0 aliphatic heterocycles. The van der Waals surface area contributed by atoms with Crippen LogP contribution >= 0.6 is 0 Å². The van der Waals surface area contributed by atoms with Gasteiger partial charge >= 0.3 is 6.04 Å². The molecule has 38 valence electrons. The van der Waals surface area contributed by atoms with Crippen molar-refractivity contribution in [3.05, 3.63) is 0 Å². The van der Waals surface area contributed by atoms with Crippen molar-refractivity contribution in [3.63, 3.8) is 0 Å². The molecule has 0 saturated heterocycles. The highest BCUT2D eigenvalue weighted by molar-refractivity contribution is 4.36. The van der Waals surface area contributed by atoms with E-state index in [-0.39, 0.29) is 0 Å². The lowest BCUT2D eigenvalue weighted by atomic mass is 10.7. The van der Waals surface area contributed by atoms with Crippen LogP contribution in [0.15, 0.2) is 0 Å². The van der Waals surface area contributed by atoms with Crippen molar-refractivity contribution < 1.29 is 19.7 Å². The summed E-state index contributed by atoms with van der Waals surface area (Å²) in [4.78, 5) is 0. The van der Waals surface area contributed by atoms with Crippen LogP contribution in [0.1, 0.15) is 0 Å². The van der Waals surface area contributed by atoms with Crippen LogP contribution in [0.3, 0.4) is 0 Å². The van der Waals surface area contributed by atoms with Gasteiger partial charge in [0.05, 0.1) is 0 Å². The third kappa shape index (κ3) is 3.81. The number of hydrogen-bond donors (Lipinski definition) is 3. The van der Waals surface area contributed by atoms with Crippen LogP contribution in [-0.4, -0.2) is 28.0 Å². The SMILES string of the molecule is OCC(O)(O)F. The second kappa shape index (κ2) is 1.51. The smallest absolute Gasteiger partial charge is 0.339 e. The van der Waals surface area contributed by atoms with Crippen LogP contribution in [0.2, 0.25) is 0 Å². The Kier molecular flexibility index (Phi) is 1.46. The minimum Gasteiger partial charge on any atom is -0.388 e. The summed E-state index contributed by atoms with van der Waals surface area (Å²) in [5.41, 5.74) is 0. The molecule has 0 bridgehead atoms. The highest BCUT2D eigenvalue weighted by atomic mass is 19.2. The van der Waals surface area contributed by atoms with E-state index < -0.39 is 12.6 Å². The lowest BCUT2D eigenvalue weighted by molar-refractivity contribution is -0.276. The van der Waals surface area contributed by atoms with Crippen molar-refractivity contribution in [2.24, 2.45) is 0 Å². The maximum absolute atomic E-state index is 11.0. The Morgan fingerprint density at radius 2 is 1.67 bits per heavy atom. The van der Waals surface area contributed by atoms with Gasteiger partial charge in [0.15, 0.2) is 0 Å². The molecule has 0 heterocycles. The molecule has 6 heavy (non-hydrogen) atoms. The summed E-state index contributed by atoms with van der Waals surface area (Å²) >= 11 is 0. The second-order valence-electron chi connectivity index (χ2n) is 0.877. The summed E-state index contributed by atoms with van der Waals surface area (Å²) in [5, 5.41) is 22.5. The molecule has 0 saturated carbocycles. The summed E-state index contributed by atoms with van der Waals surface area (Å²) in [6.07, 6.45) is 0. The predicted octanol–water partition coefficient (Wildman–Crippen LogP) is -1.41. The summed E-state index contributed by atoms with van der Waals surface area (Å²) in [6, 6.07) is -3.40. The molecule has 0 amide bonds. The first-order chi connectivity index (χ1) is 2.56. The molecule has 0 aliphatic rings. The maximum atomic E-state index is 11.0. The van der Waals surface area contributed by atoms with Crippen LogP contribution in [-0.2, 0) is 0 Å². The van der Waals surface area contributed by atoms with Gasteiger partial charge in [-0.05, 0) is 0 Å². The molecule has 0 fully saturated rings. The summed E-state index contributed by atoms with van der Waals surface area (Å²) in [5.74, 6) is 0. The Morgan fingerprint density at radius 1 is 1.50 bits per heavy atom. The molecule has 0 aliphatic carbocycles. The monoisotopic (exact) mass is 96.0 g/mol. The zero-order valence-electron chi connectivity index (χ0n) is 2.93. The van der Waals surface area contributed by atoms with Gasteiger partial charge in [-0.15, -0.1) is 0 Å². The Morgan fingerprint density at radius 3 is 1.67 bits per heavy atom. The second-order valence-corrected chi connectivity index (χ2v) is 0.877. The van der Waals surface area contributed by atoms with E-state index in [2.05, 4.69) is 0 Å². The Hall–Kier alpha value is -0.190. The highest BCUT2D eigenvalue weighted by Gasteiger charge is 2.17. The van der Waals surface area contributed by atoms with Gasteiger partial charge in [-0.1, -0.05) is 0 Å². The first-order valence-electron chi connectivity index (χ1n) is 1.31. The van der Waals surface area contributed by atoms with Gasteiger partial charge in [-0.2, -0.15) is 4.39 Å². The fourth-order valence-electron chi connectivity index (χ4n) is 0. The molecule has 0 aromatic carbocycles. The van der Waals surface area contributed by atoms with E-state index >= 15 is 0 Å². The number of hydrogen-bond acceptors (Lipinski definition) is 3. The third-order valence-corrected chi connectivity index (χ3v) is 0.201. The predicted molar refractivity (Wildman–Crippen MR) is 15.4 cm³/mol. The van der Waals surface area contributed by atoms with E-state index in [4.69, 9.17) is 15.3 Å². The lowest BCUT2D eigenvalue weighted by Crippen LogP contribution is -2.25. The minimum absolute atomic E-state index is 1.28. The fraction of sp³-hybridized carbons (Fsp3) is 1.00. The number of aliphatic hydroxyl groups is 3. The van der Waals surface area contributed by atoms with Crippen molar-refractivity contribution in [1.82, 2.24) is 0 Å². The van der Waals surface area contributed by atoms with Crippen LogP contribution in [0, 0.1) is 0 Å². The Balaban J connectivity index is 3.17. The van der Waals surface area contributed by atoms with Crippen molar-refractivity contribution in [1.29, 1.82) is 0 Å².